The first-order valence-corrected chi connectivity index (χ1v) is 4.37. The molecule has 0 saturated heterocycles. The molecule has 0 aliphatic carbocycles. The Bertz CT molecular complexity index is 108. The van der Waals surface area contributed by atoms with Crippen LogP contribution in [0.25, 0.3) is 0 Å². The summed E-state index contributed by atoms with van der Waals surface area (Å²) < 4.78 is 2.14. The Balaban J connectivity index is 3.17. The lowest BCUT2D eigenvalue weighted by Crippen LogP contribution is -2.19. The van der Waals surface area contributed by atoms with E-state index in [4.69, 9.17) is 0 Å². The van der Waals surface area contributed by atoms with Crippen LogP contribution in [0, 0.1) is 0 Å². The summed E-state index contributed by atoms with van der Waals surface area (Å²) in [6.45, 7) is 9.52. The molecule has 0 N–H and O–H groups in total. The standard InChI is InChI=1S/C9H21N2/c1-5-7-11(4)9-6-8-10(2)3/h4-9H2,1-3H3/q+1. The van der Waals surface area contributed by atoms with Crippen molar-refractivity contribution >= 4 is 6.72 Å². The number of nitrogens with zero attached hydrogens (tertiary/aromatic N) is 2. The van der Waals surface area contributed by atoms with E-state index in [9.17, 15) is 0 Å². The zero-order chi connectivity index (χ0) is 8.69. The van der Waals surface area contributed by atoms with Crippen LogP contribution in [0.3, 0.4) is 0 Å². The molecule has 0 aromatic heterocycles. The van der Waals surface area contributed by atoms with Gasteiger partial charge in [-0.15, -0.1) is 0 Å². The zero-order valence-electron chi connectivity index (χ0n) is 8.14. The van der Waals surface area contributed by atoms with Crippen LogP contribution in [0.15, 0.2) is 0 Å². The van der Waals surface area contributed by atoms with E-state index in [2.05, 4.69) is 37.2 Å². The molecule has 0 radical (unpaired) electrons. The minimum Gasteiger partial charge on any atom is -0.309 e. The summed E-state index contributed by atoms with van der Waals surface area (Å²) in [4.78, 5) is 2.21. The fourth-order valence-electron chi connectivity index (χ4n) is 1.04. The fourth-order valence-corrected chi connectivity index (χ4v) is 1.04. The van der Waals surface area contributed by atoms with Gasteiger partial charge in [0.25, 0.3) is 0 Å². The lowest BCUT2D eigenvalue weighted by Gasteiger charge is -2.07. The summed E-state index contributed by atoms with van der Waals surface area (Å²) in [6, 6.07) is 0. The van der Waals surface area contributed by atoms with Gasteiger partial charge in [0.2, 0.25) is 0 Å². The molecule has 0 aliphatic rings. The van der Waals surface area contributed by atoms with Gasteiger partial charge in [0.1, 0.15) is 19.8 Å². The van der Waals surface area contributed by atoms with Gasteiger partial charge < -0.3 is 4.90 Å². The van der Waals surface area contributed by atoms with E-state index >= 15 is 0 Å². The average Bonchev–Trinajstić information content (AvgIpc) is 1.87. The molecule has 11 heavy (non-hydrogen) atoms. The summed E-state index contributed by atoms with van der Waals surface area (Å²) in [5, 5.41) is 0. The second-order valence-electron chi connectivity index (χ2n) is 3.27. The molecule has 0 aliphatic heterocycles. The van der Waals surface area contributed by atoms with Crippen molar-refractivity contribution in [3.8, 4) is 0 Å². The van der Waals surface area contributed by atoms with Crippen LogP contribution in [0.2, 0.25) is 0 Å². The van der Waals surface area contributed by atoms with E-state index < -0.39 is 0 Å². The Morgan fingerprint density at radius 2 is 1.91 bits per heavy atom. The minimum atomic E-state index is 1.12. The van der Waals surface area contributed by atoms with Gasteiger partial charge >= 0.3 is 0 Å². The highest BCUT2D eigenvalue weighted by molar-refractivity contribution is 5.14. The molecule has 0 atom stereocenters. The number of hydrogen-bond donors (Lipinski definition) is 0. The van der Waals surface area contributed by atoms with Gasteiger partial charge in [-0.25, -0.2) is 4.58 Å². The van der Waals surface area contributed by atoms with Crippen molar-refractivity contribution in [2.75, 3.05) is 33.7 Å². The van der Waals surface area contributed by atoms with Crippen molar-refractivity contribution in [3.05, 3.63) is 0 Å². The van der Waals surface area contributed by atoms with E-state index in [1.165, 1.54) is 12.8 Å². The summed E-state index contributed by atoms with van der Waals surface area (Å²) in [7, 11) is 4.21. The maximum Gasteiger partial charge on any atom is 0.143 e. The second-order valence-corrected chi connectivity index (χ2v) is 3.27. The molecule has 0 bridgehead atoms. The van der Waals surface area contributed by atoms with Crippen molar-refractivity contribution in [1.29, 1.82) is 0 Å². The van der Waals surface area contributed by atoms with Gasteiger partial charge in [-0.2, -0.15) is 0 Å². The van der Waals surface area contributed by atoms with E-state index in [1.807, 2.05) is 0 Å². The summed E-state index contributed by atoms with van der Waals surface area (Å²) in [5.41, 5.74) is 0. The van der Waals surface area contributed by atoms with Gasteiger partial charge in [0, 0.05) is 19.4 Å². The molecule has 0 rings (SSSR count). The summed E-state index contributed by atoms with van der Waals surface area (Å²) in [5.74, 6) is 0. The van der Waals surface area contributed by atoms with Crippen LogP contribution in [0.4, 0.5) is 0 Å². The lowest BCUT2D eigenvalue weighted by molar-refractivity contribution is -0.519. The first kappa shape index (κ1) is 10.6. The Labute approximate surface area is 70.5 Å². The monoisotopic (exact) mass is 157 g/mol. The van der Waals surface area contributed by atoms with Gasteiger partial charge in [-0.05, 0) is 14.1 Å². The molecule has 2 nitrogen and oxygen atoms in total. The maximum absolute atomic E-state index is 3.94. The molecule has 0 unspecified atom stereocenters. The maximum atomic E-state index is 3.94. The normalized spacial score (nSPS) is 10.5. The summed E-state index contributed by atoms with van der Waals surface area (Å²) in [6.07, 6.45) is 2.42. The fraction of sp³-hybridized carbons (Fsp3) is 0.889. The highest BCUT2D eigenvalue weighted by atomic mass is 15.1. The van der Waals surface area contributed by atoms with E-state index in [1.54, 1.807) is 0 Å². The largest absolute Gasteiger partial charge is 0.309 e. The third kappa shape index (κ3) is 7.53. The van der Waals surface area contributed by atoms with Crippen LogP contribution >= 0.6 is 0 Å². The van der Waals surface area contributed by atoms with Gasteiger partial charge in [-0.3, -0.25) is 0 Å². The van der Waals surface area contributed by atoms with Crippen molar-refractivity contribution < 1.29 is 4.58 Å². The molecule has 0 aromatic carbocycles. The Morgan fingerprint density at radius 1 is 1.27 bits per heavy atom. The molecule has 0 fully saturated rings. The van der Waals surface area contributed by atoms with Crippen LogP contribution in [0.5, 0.6) is 0 Å². The lowest BCUT2D eigenvalue weighted by atomic mass is 10.3. The molecule has 0 amide bonds. The smallest absolute Gasteiger partial charge is 0.143 e. The summed E-state index contributed by atoms with van der Waals surface area (Å²) >= 11 is 0. The second kappa shape index (κ2) is 6.35. The predicted molar refractivity (Wildman–Crippen MR) is 50.6 cm³/mol. The SMILES string of the molecule is C=[N+](CCC)CCCN(C)C. The van der Waals surface area contributed by atoms with Crippen molar-refractivity contribution in [2.45, 2.75) is 19.8 Å². The molecule has 0 aromatic rings. The topological polar surface area (TPSA) is 6.25 Å². The van der Waals surface area contributed by atoms with Gasteiger partial charge in [0.05, 0.1) is 0 Å². The van der Waals surface area contributed by atoms with Gasteiger partial charge in [0.15, 0.2) is 0 Å². The third-order valence-electron chi connectivity index (χ3n) is 1.62. The number of rotatable bonds is 6. The number of hydrogen-bond acceptors (Lipinski definition) is 1. The first-order valence-electron chi connectivity index (χ1n) is 4.37. The van der Waals surface area contributed by atoms with Crippen molar-refractivity contribution in [2.24, 2.45) is 0 Å². The molecule has 0 saturated carbocycles. The van der Waals surface area contributed by atoms with Crippen LogP contribution < -0.4 is 0 Å². The average molecular weight is 157 g/mol. The molecule has 0 heterocycles. The predicted octanol–water partition coefficient (Wildman–Crippen LogP) is 1.06. The van der Waals surface area contributed by atoms with Gasteiger partial charge in [-0.1, -0.05) is 6.92 Å². The van der Waals surface area contributed by atoms with Crippen molar-refractivity contribution in [1.82, 2.24) is 4.90 Å². The highest BCUT2D eigenvalue weighted by Crippen LogP contribution is 1.86. The van der Waals surface area contributed by atoms with Crippen LogP contribution in [-0.2, 0) is 0 Å². The molecule has 2 heteroatoms. The Hall–Kier alpha value is -0.370. The molecule has 66 valence electrons. The highest BCUT2D eigenvalue weighted by Gasteiger charge is 1.98. The van der Waals surface area contributed by atoms with Crippen molar-refractivity contribution in [3.63, 3.8) is 0 Å². The van der Waals surface area contributed by atoms with Crippen LogP contribution in [-0.4, -0.2) is 49.9 Å². The third-order valence-corrected chi connectivity index (χ3v) is 1.62. The van der Waals surface area contributed by atoms with E-state index in [0.29, 0.717) is 0 Å². The van der Waals surface area contributed by atoms with E-state index in [-0.39, 0.29) is 0 Å². The minimum absolute atomic E-state index is 1.12. The molecular weight excluding hydrogens is 136 g/mol. The Morgan fingerprint density at radius 3 is 2.36 bits per heavy atom. The Kier molecular flexibility index (Phi) is 6.13. The molecule has 0 spiro atoms. The van der Waals surface area contributed by atoms with Crippen LogP contribution in [0.1, 0.15) is 19.8 Å². The first-order chi connectivity index (χ1) is 5.16. The molecular formula is C9H21N2+. The zero-order valence-corrected chi connectivity index (χ0v) is 8.14. The van der Waals surface area contributed by atoms with E-state index in [0.717, 1.165) is 19.6 Å². The quantitative estimate of drug-likeness (QED) is 0.413.